The smallest absolute Gasteiger partial charge is 0.276 e. The first-order chi connectivity index (χ1) is 9.18. The third-order valence-corrected chi connectivity index (χ3v) is 2.79. The van der Waals surface area contributed by atoms with Gasteiger partial charge in [0.15, 0.2) is 5.82 Å². The van der Waals surface area contributed by atoms with Crippen molar-refractivity contribution in [3.05, 3.63) is 51.0 Å². The zero-order chi connectivity index (χ0) is 13.4. The van der Waals surface area contributed by atoms with Gasteiger partial charge in [0.1, 0.15) is 11.1 Å². The summed E-state index contributed by atoms with van der Waals surface area (Å²) in [5.74, 6) is -0.0320. The van der Waals surface area contributed by atoms with Gasteiger partial charge in [0.2, 0.25) is 0 Å². The van der Waals surface area contributed by atoms with Gasteiger partial charge in [-0.15, -0.1) is 0 Å². The maximum absolute atomic E-state index is 11.9. The number of nitrogens with two attached hydrogens (primary N) is 1. The Bertz CT molecular complexity index is 867. The van der Waals surface area contributed by atoms with Crippen molar-refractivity contribution < 1.29 is 0 Å². The average molecular weight is 255 g/mol. The standard InChI is InChI=1S/C12H9N5O2/c13-10-8-7(11(18)17-15-10)9(14-16-12(8)19)6-4-2-1-3-5-6/h1-5H,(H2,13,15)(H,16,19)(H,17,18). The van der Waals surface area contributed by atoms with Crippen LogP contribution in [0.15, 0.2) is 39.9 Å². The Hall–Kier alpha value is -2.96. The lowest BCUT2D eigenvalue weighted by molar-refractivity contribution is 0.982. The fourth-order valence-corrected chi connectivity index (χ4v) is 1.94. The lowest BCUT2D eigenvalue weighted by Crippen LogP contribution is -2.20. The predicted octanol–water partition coefficient (Wildman–Crippen LogP) is 0.256. The molecule has 0 amide bonds. The number of rotatable bonds is 1. The van der Waals surface area contributed by atoms with E-state index in [1.165, 1.54) is 0 Å². The summed E-state index contributed by atoms with van der Waals surface area (Å²) in [6, 6.07) is 9.04. The van der Waals surface area contributed by atoms with Gasteiger partial charge < -0.3 is 5.73 Å². The first-order valence-electron chi connectivity index (χ1n) is 5.50. The molecule has 0 spiro atoms. The number of hydrogen-bond acceptors (Lipinski definition) is 5. The van der Waals surface area contributed by atoms with Crippen LogP contribution in [0.1, 0.15) is 0 Å². The number of nitrogens with one attached hydrogen (secondary N) is 2. The highest BCUT2D eigenvalue weighted by Gasteiger charge is 2.15. The second kappa shape index (κ2) is 4.05. The van der Waals surface area contributed by atoms with E-state index in [0.717, 1.165) is 0 Å². The summed E-state index contributed by atoms with van der Waals surface area (Å²) < 4.78 is 0. The van der Waals surface area contributed by atoms with E-state index in [1.54, 1.807) is 12.1 Å². The van der Waals surface area contributed by atoms with Crippen molar-refractivity contribution >= 4 is 16.6 Å². The van der Waals surface area contributed by atoms with Crippen LogP contribution >= 0.6 is 0 Å². The molecule has 0 radical (unpaired) electrons. The molecule has 2 heterocycles. The third kappa shape index (κ3) is 1.68. The van der Waals surface area contributed by atoms with Gasteiger partial charge in [0, 0.05) is 5.56 Å². The summed E-state index contributed by atoms with van der Waals surface area (Å²) in [7, 11) is 0. The maximum atomic E-state index is 11.9. The zero-order valence-electron chi connectivity index (χ0n) is 9.68. The van der Waals surface area contributed by atoms with Crippen molar-refractivity contribution in [1.82, 2.24) is 20.4 Å². The second-order valence-corrected chi connectivity index (χ2v) is 3.96. The highest BCUT2D eigenvalue weighted by atomic mass is 16.1. The molecule has 19 heavy (non-hydrogen) atoms. The molecule has 0 aliphatic carbocycles. The topological polar surface area (TPSA) is 118 Å². The van der Waals surface area contributed by atoms with Crippen molar-refractivity contribution in [3.63, 3.8) is 0 Å². The largest absolute Gasteiger partial charge is 0.382 e. The highest BCUT2D eigenvalue weighted by Crippen LogP contribution is 2.22. The molecule has 7 nitrogen and oxygen atoms in total. The number of anilines is 1. The molecule has 0 saturated heterocycles. The van der Waals surface area contributed by atoms with E-state index in [1.807, 2.05) is 18.2 Å². The second-order valence-electron chi connectivity index (χ2n) is 3.96. The van der Waals surface area contributed by atoms with Crippen molar-refractivity contribution in [3.8, 4) is 11.3 Å². The number of fused-ring (bicyclic) bond motifs is 1. The van der Waals surface area contributed by atoms with Crippen LogP contribution < -0.4 is 16.9 Å². The number of aromatic nitrogens is 4. The molecule has 0 aliphatic heterocycles. The molecule has 4 N–H and O–H groups in total. The van der Waals surface area contributed by atoms with Crippen LogP contribution in [0.25, 0.3) is 22.0 Å². The van der Waals surface area contributed by atoms with E-state index >= 15 is 0 Å². The van der Waals surface area contributed by atoms with Gasteiger partial charge in [0.25, 0.3) is 11.1 Å². The summed E-state index contributed by atoms with van der Waals surface area (Å²) in [4.78, 5) is 23.7. The number of benzene rings is 1. The van der Waals surface area contributed by atoms with E-state index in [-0.39, 0.29) is 16.6 Å². The molecule has 94 valence electrons. The SMILES string of the molecule is Nc1n[nH]c(=O)c2c(-c3ccccc3)n[nH]c(=O)c12. The molecule has 3 rings (SSSR count). The summed E-state index contributed by atoms with van der Waals surface area (Å²) >= 11 is 0. The first-order valence-corrected chi connectivity index (χ1v) is 5.50. The number of aromatic amines is 2. The van der Waals surface area contributed by atoms with Gasteiger partial charge in [-0.25, -0.2) is 10.2 Å². The van der Waals surface area contributed by atoms with Crippen LogP contribution in [-0.2, 0) is 0 Å². The first kappa shape index (κ1) is 11.1. The molecular weight excluding hydrogens is 246 g/mol. The monoisotopic (exact) mass is 255 g/mol. The molecule has 0 saturated carbocycles. The van der Waals surface area contributed by atoms with Crippen LogP contribution in [0.4, 0.5) is 5.82 Å². The Morgan fingerprint density at radius 1 is 0.895 bits per heavy atom. The van der Waals surface area contributed by atoms with Crippen LogP contribution in [0, 0.1) is 0 Å². The average Bonchev–Trinajstić information content (AvgIpc) is 2.44. The summed E-state index contributed by atoms with van der Waals surface area (Å²) in [6.45, 7) is 0. The molecule has 1 aromatic carbocycles. The molecule has 7 heteroatoms. The van der Waals surface area contributed by atoms with Crippen LogP contribution in [0.5, 0.6) is 0 Å². The third-order valence-electron chi connectivity index (χ3n) is 2.79. The molecule has 0 bridgehead atoms. The lowest BCUT2D eigenvalue weighted by Gasteiger charge is -2.04. The zero-order valence-corrected chi connectivity index (χ0v) is 9.68. The van der Waals surface area contributed by atoms with E-state index in [4.69, 9.17) is 5.73 Å². The van der Waals surface area contributed by atoms with Gasteiger partial charge in [-0.1, -0.05) is 30.3 Å². The van der Waals surface area contributed by atoms with Crippen molar-refractivity contribution in [1.29, 1.82) is 0 Å². The summed E-state index contributed by atoms with van der Waals surface area (Å²) in [5, 5.41) is 12.3. The quantitative estimate of drug-likeness (QED) is 0.576. The van der Waals surface area contributed by atoms with Gasteiger partial charge in [-0.2, -0.15) is 10.2 Å². The Morgan fingerprint density at radius 3 is 2.26 bits per heavy atom. The minimum atomic E-state index is -0.536. The Balaban J connectivity index is 2.53. The van der Waals surface area contributed by atoms with Gasteiger partial charge >= 0.3 is 0 Å². The van der Waals surface area contributed by atoms with Crippen LogP contribution in [0.3, 0.4) is 0 Å². The summed E-state index contributed by atoms with van der Waals surface area (Å²) in [5.41, 5.74) is 5.68. The molecule has 0 fully saturated rings. The van der Waals surface area contributed by atoms with E-state index in [0.29, 0.717) is 11.3 Å². The fourth-order valence-electron chi connectivity index (χ4n) is 1.94. The fraction of sp³-hybridized carbons (Fsp3) is 0. The Morgan fingerprint density at radius 2 is 1.53 bits per heavy atom. The predicted molar refractivity (Wildman–Crippen MR) is 70.6 cm³/mol. The minimum Gasteiger partial charge on any atom is -0.382 e. The Kier molecular flexibility index (Phi) is 2.38. The number of nitrogen functional groups attached to an aromatic ring is 1. The molecular formula is C12H9N5O2. The molecule has 2 aromatic heterocycles. The van der Waals surface area contributed by atoms with E-state index in [2.05, 4.69) is 20.4 Å². The summed E-state index contributed by atoms with van der Waals surface area (Å²) in [6.07, 6.45) is 0. The van der Waals surface area contributed by atoms with Crippen molar-refractivity contribution in [2.75, 3.05) is 5.73 Å². The van der Waals surface area contributed by atoms with Crippen LogP contribution in [-0.4, -0.2) is 20.4 Å². The van der Waals surface area contributed by atoms with Crippen LogP contribution in [0.2, 0.25) is 0 Å². The maximum Gasteiger partial charge on any atom is 0.276 e. The van der Waals surface area contributed by atoms with E-state index in [9.17, 15) is 9.59 Å². The number of hydrogen-bond donors (Lipinski definition) is 3. The van der Waals surface area contributed by atoms with Crippen molar-refractivity contribution in [2.45, 2.75) is 0 Å². The molecule has 0 unspecified atom stereocenters. The van der Waals surface area contributed by atoms with Crippen molar-refractivity contribution in [2.24, 2.45) is 0 Å². The normalized spacial score (nSPS) is 10.7. The highest BCUT2D eigenvalue weighted by molar-refractivity contribution is 5.97. The Labute approximate surface area is 106 Å². The number of H-pyrrole nitrogens is 2. The molecule has 3 aromatic rings. The van der Waals surface area contributed by atoms with E-state index < -0.39 is 11.1 Å². The van der Waals surface area contributed by atoms with Gasteiger partial charge in [0.05, 0.1) is 5.39 Å². The minimum absolute atomic E-state index is 0.0320. The number of nitrogens with zero attached hydrogens (tertiary/aromatic N) is 2. The lowest BCUT2D eigenvalue weighted by atomic mass is 10.1. The van der Waals surface area contributed by atoms with Gasteiger partial charge in [-0.05, 0) is 0 Å². The molecule has 0 aliphatic rings. The molecule has 0 atom stereocenters. The van der Waals surface area contributed by atoms with Gasteiger partial charge in [-0.3, -0.25) is 9.59 Å².